The zero-order valence-electron chi connectivity index (χ0n) is 24.7. The van der Waals surface area contributed by atoms with Crippen LogP contribution in [0.15, 0.2) is 29.3 Å². The van der Waals surface area contributed by atoms with Crippen molar-refractivity contribution in [3.63, 3.8) is 0 Å². The third-order valence-electron chi connectivity index (χ3n) is 8.17. The molecule has 2 fully saturated rings. The Balaban J connectivity index is 1.22. The molecule has 1 amide bonds. The first-order chi connectivity index (χ1) is 20.9. The molecule has 5 rings (SSSR count). The van der Waals surface area contributed by atoms with Gasteiger partial charge in [-0.15, -0.1) is 0 Å². The number of amides is 1. The third kappa shape index (κ3) is 6.98. The summed E-state index contributed by atoms with van der Waals surface area (Å²) < 4.78 is 1.70. The molecule has 13 nitrogen and oxygen atoms in total. The SMILES string of the molecule is CC(=O)c1c(C)c2cnc(Nc3ccc(N4CCN(CC(=O)NCCNCC#N)CC4)cn3)nc2n(C2CCCC2)c1=O. The lowest BCUT2D eigenvalue weighted by atomic mass is 10.0. The maximum atomic E-state index is 13.4. The number of nitriles is 1. The second kappa shape index (κ2) is 13.7. The number of nitrogens with one attached hydrogen (secondary N) is 3. The molecular formula is C30H38N10O3. The molecule has 1 aliphatic heterocycles. The number of piperazine rings is 1. The highest BCUT2D eigenvalue weighted by Gasteiger charge is 2.26. The largest absolute Gasteiger partial charge is 0.368 e. The molecule has 0 aromatic carbocycles. The zero-order valence-corrected chi connectivity index (χ0v) is 24.7. The topological polar surface area (TPSA) is 161 Å². The fraction of sp³-hybridized carbons (Fsp3) is 0.500. The summed E-state index contributed by atoms with van der Waals surface area (Å²) in [6, 6.07) is 5.89. The number of aryl methyl sites for hydroxylation is 1. The Bertz CT molecular complexity index is 1570. The van der Waals surface area contributed by atoms with Crippen LogP contribution in [0.4, 0.5) is 17.5 Å². The van der Waals surface area contributed by atoms with E-state index < -0.39 is 0 Å². The van der Waals surface area contributed by atoms with Crippen molar-refractivity contribution in [2.45, 2.75) is 45.6 Å². The van der Waals surface area contributed by atoms with Crippen molar-refractivity contribution in [3.8, 4) is 6.07 Å². The quantitative estimate of drug-likeness (QED) is 0.171. The second-order valence-electron chi connectivity index (χ2n) is 11.1. The lowest BCUT2D eigenvalue weighted by molar-refractivity contribution is -0.122. The zero-order chi connectivity index (χ0) is 30.3. The Morgan fingerprint density at radius 1 is 1.07 bits per heavy atom. The van der Waals surface area contributed by atoms with E-state index in [1.54, 1.807) is 23.9 Å². The maximum Gasteiger partial charge on any atom is 0.263 e. The summed E-state index contributed by atoms with van der Waals surface area (Å²) in [4.78, 5) is 56.2. The summed E-state index contributed by atoms with van der Waals surface area (Å²) in [6.07, 6.45) is 7.33. The molecule has 4 heterocycles. The van der Waals surface area contributed by atoms with Gasteiger partial charge >= 0.3 is 0 Å². The van der Waals surface area contributed by atoms with Gasteiger partial charge < -0.3 is 20.9 Å². The van der Waals surface area contributed by atoms with Crippen LogP contribution in [0.2, 0.25) is 0 Å². The van der Waals surface area contributed by atoms with E-state index in [0.29, 0.717) is 48.0 Å². The molecule has 0 bridgehead atoms. The molecule has 3 aromatic heterocycles. The van der Waals surface area contributed by atoms with Crippen molar-refractivity contribution in [2.24, 2.45) is 0 Å². The number of carbonyl (C=O) groups is 2. The minimum absolute atomic E-state index is 0.0150. The first-order valence-electron chi connectivity index (χ1n) is 14.8. The van der Waals surface area contributed by atoms with E-state index in [0.717, 1.165) is 57.5 Å². The predicted molar refractivity (Wildman–Crippen MR) is 164 cm³/mol. The van der Waals surface area contributed by atoms with Crippen LogP contribution in [-0.2, 0) is 4.79 Å². The van der Waals surface area contributed by atoms with Gasteiger partial charge in [-0.05, 0) is 44.4 Å². The average molecular weight is 587 g/mol. The van der Waals surface area contributed by atoms with Crippen LogP contribution < -0.4 is 26.4 Å². The molecule has 0 radical (unpaired) electrons. The highest BCUT2D eigenvalue weighted by atomic mass is 16.2. The van der Waals surface area contributed by atoms with Crippen LogP contribution in [-0.4, -0.2) is 88.5 Å². The first kappa shape index (κ1) is 30.1. The van der Waals surface area contributed by atoms with Crippen molar-refractivity contribution >= 4 is 40.2 Å². The Kier molecular flexibility index (Phi) is 9.58. The molecule has 3 aromatic rings. The summed E-state index contributed by atoms with van der Waals surface area (Å²) in [7, 11) is 0. The van der Waals surface area contributed by atoms with Gasteiger partial charge in [0, 0.05) is 56.9 Å². The minimum Gasteiger partial charge on any atom is -0.368 e. The van der Waals surface area contributed by atoms with Gasteiger partial charge in [0.25, 0.3) is 5.56 Å². The molecule has 3 N–H and O–H groups in total. The number of pyridine rings is 2. The molecule has 13 heteroatoms. The van der Waals surface area contributed by atoms with E-state index >= 15 is 0 Å². The van der Waals surface area contributed by atoms with Gasteiger partial charge in [-0.1, -0.05) is 12.8 Å². The third-order valence-corrected chi connectivity index (χ3v) is 8.17. The number of nitrogens with zero attached hydrogens (tertiary/aromatic N) is 7. The van der Waals surface area contributed by atoms with Crippen molar-refractivity contribution in [1.29, 1.82) is 5.26 Å². The lowest BCUT2D eigenvalue weighted by Crippen LogP contribution is -2.50. The minimum atomic E-state index is -0.276. The maximum absolute atomic E-state index is 13.4. The Morgan fingerprint density at radius 3 is 2.51 bits per heavy atom. The van der Waals surface area contributed by atoms with E-state index in [2.05, 4.69) is 35.7 Å². The number of aromatic nitrogens is 4. The van der Waals surface area contributed by atoms with Gasteiger partial charge in [-0.25, -0.2) is 9.97 Å². The molecule has 43 heavy (non-hydrogen) atoms. The van der Waals surface area contributed by atoms with Crippen molar-refractivity contribution in [1.82, 2.24) is 35.1 Å². The summed E-state index contributed by atoms with van der Waals surface area (Å²) in [5.41, 5.74) is 2.07. The number of Topliss-reactive ketones (excluding diaryl/α,β-unsaturated/α-hetero) is 1. The fourth-order valence-electron chi connectivity index (χ4n) is 5.93. The van der Waals surface area contributed by atoms with Gasteiger partial charge in [0.2, 0.25) is 11.9 Å². The van der Waals surface area contributed by atoms with E-state index in [4.69, 9.17) is 10.2 Å². The van der Waals surface area contributed by atoms with Gasteiger partial charge in [-0.2, -0.15) is 10.2 Å². The van der Waals surface area contributed by atoms with Crippen molar-refractivity contribution in [2.75, 3.05) is 62.6 Å². The van der Waals surface area contributed by atoms with Gasteiger partial charge in [0.05, 0.1) is 36.6 Å². The van der Waals surface area contributed by atoms with Gasteiger partial charge in [0.15, 0.2) is 5.78 Å². The normalized spacial score (nSPS) is 15.9. The lowest BCUT2D eigenvalue weighted by Gasteiger charge is -2.35. The standard InChI is InChI=1S/C30H38N10O3/c1-20-24-18-35-30(37-28(24)40(22-5-3-4-6-22)29(43)27(20)21(2)41)36-25-8-7-23(17-34-25)39-15-13-38(14-16-39)19-26(42)33-12-11-32-10-9-31/h7-8,17-18,22,32H,3-6,10-16,19H2,1-2H3,(H,33,42)(H,34,35,36,37). The van der Waals surface area contributed by atoms with Gasteiger partial charge in [0.1, 0.15) is 11.5 Å². The number of hydrogen-bond acceptors (Lipinski definition) is 11. The molecule has 0 atom stereocenters. The van der Waals surface area contributed by atoms with Crippen LogP contribution in [0.5, 0.6) is 0 Å². The molecule has 1 aliphatic carbocycles. The van der Waals surface area contributed by atoms with Crippen LogP contribution in [0, 0.1) is 18.3 Å². The molecule has 1 saturated heterocycles. The number of carbonyl (C=O) groups excluding carboxylic acids is 2. The van der Waals surface area contributed by atoms with E-state index in [9.17, 15) is 14.4 Å². The number of anilines is 3. The predicted octanol–water partition coefficient (Wildman–Crippen LogP) is 1.91. The highest BCUT2D eigenvalue weighted by Crippen LogP contribution is 2.32. The summed E-state index contributed by atoms with van der Waals surface area (Å²) in [5, 5.41) is 18.2. The van der Waals surface area contributed by atoms with Crippen LogP contribution in [0.3, 0.4) is 0 Å². The number of ketones is 1. The Hall–Kier alpha value is -4.41. The monoisotopic (exact) mass is 586 g/mol. The highest BCUT2D eigenvalue weighted by molar-refractivity contribution is 5.99. The Labute approximate surface area is 250 Å². The summed E-state index contributed by atoms with van der Waals surface area (Å²) in [5.74, 6) is 0.651. The average Bonchev–Trinajstić information content (AvgIpc) is 3.52. The molecule has 0 spiro atoms. The van der Waals surface area contributed by atoms with E-state index in [-0.39, 0.29) is 35.4 Å². The van der Waals surface area contributed by atoms with Crippen LogP contribution in [0.1, 0.15) is 54.6 Å². The first-order valence-corrected chi connectivity index (χ1v) is 14.8. The number of hydrogen-bond donors (Lipinski definition) is 3. The number of fused-ring (bicyclic) bond motifs is 1. The molecule has 1 saturated carbocycles. The van der Waals surface area contributed by atoms with Crippen LogP contribution in [0.25, 0.3) is 11.0 Å². The van der Waals surface area contributed by atoms with Gasteiger partial charge in [-0.3, -0.25) is 23.9 Å². The molecule has 2 aliphatic rings. The van der Waals surface area contributed by atoms with Crippen LogP contribution >= 0.6 is 0 Å². The number of rotatable bonds is 11. The second-order valence-corrected chi connectivity index (χ2v) is 11.1. The van der Waals surface area contributed by atoms with E-state index in [1.807, 2.05) is 18.2 Å². The fourth-order valence-corrected chi connectivity index (χ4v) is 5.93. The molecular weight excluding hydrogens is 548 g/mol. The summed E-state index contributed by atoms with van der Waals surface area (Å²) in [6.45, 7) is 7.98. The molecule has 0 unspecified atom stereocenters. The molecule has 226 valence electrons. The van der Waals surface area contributed by atoms with Crippen molar-refractivity contribution in [3.05, 3.63) is 46.0 Å². The Morgan fingerprint density at radius 2 is 1.84 bits per heavy atom. The smallest absolute Gasteiger partial charge is 0.263 e. The van der Waals surface area contributed by atoms with Crippen molar-refractivity contribution < 1.29 is 9.59 Å². The summed E-state index contributed by atoms with van der Waals surface area (Å²) >= 11 is 0. The van der Waals surface area contributed by atoms with E-state index in [1.165, 1.54) is 6.92 Å².